The van der Waals surface area contributed by atoms with Crippen molar-refractivity contribution >= 4 is 12.0 Å². The number of carboxylic acids is 1. The normalized spacial score (nSPS) is 18.6. The molecule has 1 aromatic rings. The lowest BCUT2D eigenvalue weighted by Crippen LogP contribution is -2.40. The summed E-state index contributed by atoms with van der Waals surface area (Å²) in [5.41, 5.74) is 1.08. The molecule has 0 saturated carbocycles. The van der Waals surface area contributed by atoms with E-state index in [0.717, 1.165) is 5.56 Å². The van der Waals surface area contributed by atoms with E-state index in [9.17, 15) is 9.59 Å². The molecule has 2 N–H and O–H groups in total. The zero-order valence-corrected chi connectivity index (χ0v) is 10.9. The van der Waals surface area contributed by atoms with Crippen molar-refractivity contribution in [2.24, 2.45) is 5.92 Å². The van der Waals surface area contributed by atoms with Gasteiger partial charge >= 0.3 is 12.0 Å². The molecule has 1 unspecified atom stereocenters. The summed E-state index contributed by atoms with van der Waals surface area (Å²) in [7, 11) is 0. The second-order valence-electron chi connectivity index (χ2n) is 4.78. The van der Waals surface area contributed by atoms with E-state index < -0.39 is 11.9 Å². The van der Waals surface area contributed by atoms with Crippen molar-refractivity contribution in [3.63, 3.8) is 0 Å². The molecule has 2 amide bonds. The molecule has 1 fully saturated rings. The Balaban J connectivity index is 1.72. The number of amides is 2. The average Bonchev–Trinajstić information content (AvgIpc) is 2.98. The second-order valence-corrected chi connectivity index (χ2v) is 4.78. The first-order valence-corrected chi connectivity index (χ1v) is 6.31. The van der Waals surface area contributed by atoms with E-state index in [1.54, 1.807) is 15.8 Å². The standard InChI is InChI=1S/C12H18N4O3/c1-9-6-14-16(7-9)5-3-13-12(19)15-4-2-10(8-15)11(17)18/h6-7,10H,2-5,8H2,1H3,(H,13,19)(H,17,18). The monoisotopic (exact) mass is 266 g/mol. The van der Waals surface area contributed by atoms with E-state index in [1.807, 2.05) is 13.1 Å². The minimum absolute atomic E-state index is 0.201. The van der Waals surface area contributed by atoms with Crippen molar-refractivity contribution in [3.8, 4) is 0 Å². The lowest BCUT2D eigenvalue weighted by atomic mass is 10.1. The minimum Gasteiger partial charge on any atom is -0.481 e. The van der Waals surface area contributed by atoms with Gasteiger partial charge in [-0.2, -0.15) is 5.10 Å². The molecule has 0 spiro atoms. The van der Waals surface area contributed by atoms with Gasteiger partial charge in [-0.05, 0) is 18.9 Å². The molecule has 0 bridgehead atoms. The first-order valence-electron chi connectivity index (χ1n) is 6.31. The Morgan fingerprint density at radius 2 is 2.37 bits per heavy atom. The molecule has 0 radical (unpaired) electrons. The molecule has 7 nitrogen and oxygen atoms in total. The summed E-state index contributed by atoms with van der Waals surface area (Å²) in [6.07, 6.45) is 4.20. The number of nitrogens with zero attached hydrogens (tertiary/aromatic N) is 3. The maximum Gasteiger partial charge on any atom is 0.317 e. The number of likely N-dealkylation sites (tertiary alicyclic amines) is 1. The molecule has 1 aromatic heterocycles. The summed E-state index contributed by atoms with van der Waals surface area (Å²) in [4.78, 5) is 24.2. The predicted octanol–water partition coefficient (Wildman–Crippen LogP) is 0.308. The van der Waals surface area contributed by atoms with E-state index >= 15 is 0 Å². The van der Waals surface area contributed by atoms with Gasteiger partial charge in [-0.15, -0.1) is 0 Å². The van der Waals surface area contributed by atoms with Crippen molar-refractivity contribution in [1.29, 1.82) is 0 Å². The topological polar surface area (TPSA) is 87.5 Å². The summed E-state index contributed by atoms with van der Waals surface area (Å²) in [6.45, 7) is 3.84. The van der Waals surface area contributed by atoms with Crippen LogP contribution < -0.4 is 5.32 Å². The molecule has 1 aliphatic rings. The Morgan fingerprint density at radius 3 is 2.95 bits per heavy atom. The van der Waals surface area contributed by atoms with E-state index in [1.165, 1.54) is 0 Å². The van der Waals surface area contributed by atoms with Crippen LogP contribution in [-0.2, 0) is 11.3 Å². The number of nitrogens with one attached hydrogen (secondary N) is 1. The Labute approximate surface area is 111 Å². The first-order chi connectivity index (χ1) is 9.06. The second kappa shape index (κ2) is 5.73. The molecule has 2 heterocycles. The number of aromatic nitrogens is 2. The Kier molecular flexibility index (Phi) is 4.03. The fraction of sp³-hybridized carbons (Fsp3) is 0.583. The number of aliphatic carboxylic acids is 1. The third-order valence-corrected chi connectivity index (χ3v) is 3.20. The molecule has 19 heavy (non-hydrogen) atoms. The fourth-order valence-electron chi connectivity index (χ4n) is 2.12. The Bertz CT molecular complexity index is 471. The highest BCUT2D eigenvalue weighted by Gasteiger charge is 2.30. The van der Waals surface area contributed by atoms with Crippen LogP contribution in [0.25, 0.3) is 0 Å². The number of carboxylic acid groups (broad SMARTS) is 1. The van der Waals surface area contributed by atoms with Gasteiger partial charge in [0.25, 0.3) is 0 Å². The number of urea groups is 1. The van der Waals surface area contributed by atoms with Crippen LogP contribution in [0.15, 0.2) is 12.4 Å². The van der Waals surface area contributed by atoms with E-state index in [4.69, 9.17) is 5.11 Å². The highest BCUT2D eigenvalue weighted by Crippen LogP contribution is 2.15. The smallest absolute Gasteiger partial charge is 0.317 e. The summed E-state index contributed by atoms with van der Waals surface area (Å²) >= 11 is 0. The minimum atomic E-state index is -0.831. The number of aryl methyl sites for hydroxylation is 1. The van der Waals surface area contributed by atoms with E-state index in [0.29, 0.717) is 32.6 Å². The highest BCUT2D eigenvalue weighted by atomic mass is 16.4. The summed E-state index contributed by atoms with van der Waals surface area (Å²) < 4.78 is 1.76. The predicted molar refractivity (Wildman–Crippen MR) is 67.7 cm³/mol. The number of carbonyl (C=O) groups excluding carboxylic acids is 1. The average molecular weight is 266 g/mol. The molecular weight excluding hydrogens is 248 g/mol. The van der Waals surface area contributed by atoms with Gasteiger partial charge in [-0.25, -0.2) is 4.79 Å². The van der Waals surface area contributed by atoms with Gasteiger partial charge in [0.1, 0.15) is 0 Å². The van der Waals surface area contributed by atoms with Crippen LogP contribution in [0.2, 0.25) is 0 Å². The van der Waals surface area contributed by atoms with Crippen LogP contribution in [-0.4, -0.2) is 51.4 Å². The molecule has 1 atom stereocenters. The van der Waals surface area contributed by atoms with Gasteiger partial charge in [-0.3, -0.25) is 9.48 Å². The molecule has 1 aliphatic heterocycles. The van der Waals surface area contributed by atoms with Gasteiger partial charge in [0.05, 0.1) is 18.7 Å². The van der Waals surface area contributed by atoms with Crippen LogP contribution in [0.4, 0.5) is 4.79 Å². The number of rotatable bonds is 4. The quantitative estimate of drug-likeness (QED) is 0.821. The maximum atomic E-state index is 11.8. The third kappa shape index (κ3) is 3.46. The zero-order valence-electron chi connectivity index (χ0n) is 10.9. The van der Waals surface area contributed by atoms with Crippen molar-refractivity contribution in [1.82, 2.24) is 20.0 Å². The molecule has 1 saturated heterocycles. The van der Waals surface area contributed by atoms with Crippen LogP contribution in [0.3, 0.4) is 0 Å². The first kappa shape index (κ1) is 13.4. The van der Waals surface area contributed by atoms with Crippen molar-refractivity contribution < 1.29 is 14.7 Å². The molecule has 0 aromatic carbocycles. The summed E-state index contributed by atoms with van der Waals surface area (Å²) in [5, 5.41) is 15.8. The SMILES string of the molecule is Cc1cnn(CCNC(=O)N2CCC(C(=O)O)C2)c1. The molecule has 2 rings (SSSR count). The number of carbonyl (C=O) groups is 2. The van der Waals surface area contributed by atoms with Gasteiger partial charge in [-0.1, -0.05) is 0 Å². The molecule has 104 valence electrons. The van der Waals surface area contributed by atoms with Crippen molar-refractivity contribution in [2.45, 2.75) is 19.9 Å². The van der Waals surface area contributed by atoms with Gasteiger partial charge in [0, 0.05) is 25.8 Å². The van der Waals surface area contributed by atoms with E-state index in [-0.39, 0.29) is 6.03 Å². The summed E-state index contributed by atoms with van der Waals surface area (Å²) in [6, 6.07) is -0.201. The van der Waals surface area contributed by atoms with Crippen LogP contribution in [0.1, 0.15) is 12.0 Å². The van der Waals surface area contributed by atoms with Gasteiger partial charge < -0.3 is 15.3 Å². The zero-order chi connectivity index (χ0) is 13.8. The Morgan fingerprint density at radius 1 is 1.58 bits per heavy atom. The largest absolute Gasteiger partial charge is 0.481 e. The van der Waals surface area contributed by atoms with Crippen LogP contribution in [0.5, 0.6) is 0 Å². The van der Waals surface area contributed by atoms with E-state index in [2.05, 4.69) is 10.4 Å². The maximum absolute atomic E-state index is 11.8. The van der Waals surface area contributed by atoms with Crippen LogP contribution >= 0.6 is 0 Å². The number of hydrogen-bond donors (Lipinski definition) is 2. The Hall–Kier alpha value is -2.05. The third-order valence-electron chi connectivity index (χ3n) is 3.20. The fourth-order valence-corrected chi connectivity index (χ4v) is 2.12. The molecular formula is C12H18N4O3. The lowest BCUT2D eigenvalue weighted by Gasteiger charge is -2.16. The van der Waals surface area contributed by atoms with Crippen LogP contribution in [0, 0.1) is 12.8 Å². The highest BCUT2D eigenvalue weighted by molar-refractivity contribution is 5.77. The molecule has 7 heteroatoms. The van der Waals surface area contributed by atoms with Gasteiger partial charge in [0.2, 0.25) is 0 Å². The summed E-state index contributed by atoms with van der Waals surface area (Å²) in [5.74, 6) is -1.26. The van der Waals surface area contributed by atoms with Gasteiger partial charge in [0.15, 0.2) is 0 Å². The lowest BCUT2D eigenvalue weighted by molar-refractivity contribution is -0.141. The number of hydrogen-bond acceptors (Lipinski definition) is 3. The van der Waals surface area contributed by atoms with Crippen molar-refractivity contribution in [2.75, 3.05) is 19.6 Å². The van der Waals surface area contributed by atoms with Crippen molar-refractivity contribution in [3.05, 3.63) is 18.0 Å². The molecule has 0 aliphatic carbocycles.